The Kier molecular flexibility index (Phi) is 12.1. The summed E-state index contributed by atoms with van der Waals surface area (Å²) in [4.78, 5) is 22.1. The van der Waals surface area contributed by atoms with Gasteiger partial charge >= 0.3 is 0 Å². The summed E-state index contributed by atoms with van der Waals surface area (Å²) in [6.07, 6.45) is 6.56. The normalized spacial score (nSPS) is 19.4. The van der Waals surface area contributed by atoms with E-state index in [4.69, 9.17) is 4.74 Å². The highest BCUT2D eigenvalue weighted by Crippen LogP contribution is 2.25. The molecule has 1 aliphatic carbocycles. The number of halogens is 1. The van der Waals surface area contributed by atoms with Crippen LogP contribution in [0.25, 0.3) is 0 Å². The summed E-state index contributed by atoms with van der Waals surface area (Å²) in [5.74, 6) is 1.45. The number of carbonyl (C=O) groups excluding carboxylic acids is 1. The molecule has 2 heterocycles. The number of morpholine rings is 1. The van der Waals surface area contributed by atoms with Crippen LogP contribution in [0.3, 0.4) is 0 Å². The first-order valence-electron chi connectivity index (χ1n) is 11.2. The van der Waals surface area contributed by atoms with Gasteiger partial charge in [0.05, 0.1) is 19.3 Å². The van der Waals surface area contributed by atoms with Crippen LogP contribution in [0.15, 0.2) is 22.5 Å². The highest BCUT2D eigenvalue weighted by Gasteiger charge is 2.24. The first-order valence-corrected chi connectivity index (χ1v) is 12.1. The lowest BCUT2D eigenvalue weighted by molar-refractivity contribution is -0.127. The van der Waals surface area contributed by atoms with Gasteiger partial charge in [-0.15, -0.1) is 35.3 Å². The van der Waals surface area contributed by atoms with E-state index in [0.717, 1.165) is 45.4 Å². The molecule has 7 nitrogen and oxygen atoms in total. The predicted octanol–water partition coefficient (Wildman–Crippen LogP) is 2.94. The highest BCUT2D eigenvalue weighted by molar-refractivity contribution is 14.0. The number of aliphatic imine (C=N–C) groups is 1. The van der Waals surface area contributed by atoms with E-state index in [-0.39, 0.29) is 42.5 Å². The molecule has 0 aromatic carbocycles. The predicted molar refractivity (Wildman–Crippen MR) is 138 cm³/mol. The third-order valence-electron chi connectivity index (χ3n) is 5.98. The van der Waals surface area contributed by atoms with Gasteiger partial charge in [-0.3, -0.25) is 9.69 Å². The van der Waals surface area contributed by atoms with E-state index >= 15 is 0 Å². The van der Waals surface area contributed by atoms with E-state index in [1.807, 2.05) is 0 Å². The Bertz CT molecular complexity index is 659. The van der Waals surface area contributed by atoms with Gasteiger partial charge in [-0.05, 0) is 30.2 Å². The van der Waals surface area contributed by atoms with Crippen LogP contribution in [-0.2, 0) is 9.53 Å². The fourth-order valence-corrected chi connectivity index (χ4v) is 4.93. The fraction of sp³-hybridized carbons (Fsp3) is 0.727. The Morgan fingerprint density at radius 1 is 1.26 bits per heavy atom. The van der Waals surface area contributed by atoms with Gasteiger partial charge in [-0.1, -0.05) is 25.3 Å². The van der Waals surface area contributed by atoms with Crippen molar-refractivity contribution in [2.45, 2.75) is 38.1 Å². The summed E-state index contributed by atoms with van der Waals surface area (Å²) in [7, 11) is 3.54. The third-order valence-corrected chi connectivity index (χ3v) is 6.95. The van der Waals surface area contributed by atoms with Gasteiger partial charge < -0.3 is 20.3 Å². The van der Waals surface area contributed by atoms with Gasteiger partial charge in [0, 0.05) is 45.2 Å². The molecule has 31 heavy (non-hydrogen) atoms. The smallest absolute Gasteiger partial charge is 0.243 e. The number of ether oxygens (including phenoxy) is 1. The molecule has 9 heteroatoms. The van der Waals surface area contributed by atoms with Crippen molar-refractivity contribution in [3.63, 3.8) is 0 Å². The van der Waals surface area contributed by atoms with Crippen LogP contribution in [0.1, 0.15) is 43.0 Å². The van der Waals surface area contributed by atoms with Crippen LogP contribution in [-0.4, -0.2) is 81.7 Å². The number of guanidine groups is 1. The second-order valence-corrected chi connectivity index (χ2v) is 9.38. The van der Waals surface area contributed by atoms with E-state index in [9.17, 15) is 4.79 Å². The van der Waals surface area contributed by atoms with Crippen LogP contribution >= 0.6 is 35.3 Å². The zero-order valence-corrected chi connectivity index (χ0v) is 22.0. The van der Waals surface area contributed by atoms with Gasteiger partial charge in [-0.2, -0.15) is 0 Å². The molecule has 176 valence electrons. The maximum absolute atomic E-state index is 12.1. The molecular weight excluding hydrogens is 525 g/mol. The van der Waals surface area contributed by atoms with Crippen molar-refractivity contribution in [2.24, 2.45) is 10.9 Å². The van der Waals surface area contributed by atoms with Crippen LogP contribution in [0.2, 0.25) is 0 Å². The van der Waals surface area contributed by atoms with Gasteiger partial charge in [-0.25, -0.2) is 4.99 Å². The zero-order chi connectivity index (χ0) is 21.2. The van der Waals surface area contributed by atoms with Gasteiger partial charge in [0.25, 0.3) is 0 Å². The molecule has 1 unspecified atom stereocenters. The minimum absolute atomic E-state index is 0. The molecule has 1 aromatic rings. The summed E-state index contributed by atoms with van der Waals surface area (Å²) in [5, 5.41) is 9.18. The monoisotopic (exact) mass is 563 g/mol. The summed E-state index contributed by atoms with van der Waals surface area (Å²) in [6.45, 7) is 5.27. The molecule has 1 atom stereocenters. The number of hydrogen-bond acceptors (Lipinski definition) is 5. The van der Waals surface area contributed by atoms with Crippen molar-refractivity contribution < 1.29 is 9.53 Å². The fourth-order valence-electron chi connectivity index (χ4n) is 4.07. The number of hydrogen-bond donors (Lipinski definition) is 2. The van der Waals surface area contributed by atoms with Crippen molar-refractivity contribution in [3.05, 3.63) is 22.4 Å². The van der Waals surface area contributed by atoms with Crippen LogP contribution in [0, 0.1) is 5.92 Å². The number of rotatable bonds is 8. The largest absolute Gasteiger partial charge is 0.379 e. The van der Waals surface area contributed by atoms with Crippen molar-refractivity contribution >= 4 is 47.2 Å². The number of thiophene rings is 1. The third kappa shape index (κ3) is 8.86. The number of nitrogens with one attached hydrogen (secondary N) is 2. The molecule has 0 bridgehead atoms. The van der Waals surface area contributed by atoms with Crippen LogP contribution < -0.4 is 10.6 Å². The Morgan fingerprint density at radius 2 is 2.00 bits per heavy atom. The second-order valence-electron chi connectivity index (χ2n) is 8.40. The van der Waals surface area contributed by atoms with Crippen molar-refractivity contribution in [3.8, 4) is 0 Å². The molecule has 1 amide bonds. The topological polar surface area (TPSA) is 69.2 Å². The molecule has 1 aliphatic heterocycles. The molecule has 1 aromatic heterocycles. The Labute approximate surface area is 208 Å². The highest BCUT2D eigenvalue weighted by atomic mass is 127. The van der Waals surface area contributed by atoms with Crippen molar-refractivity contribution in [1.29, 1.82) is 0 Å². The molecular formula is C22H38IN5O2S. The zero-order valence-electron chi connectivity index (χ0n) is 18.8. The molecule has 2 aliphatic rings. The molecule has 1 saturated heterocycles. The summed E-state index contributed by atoms with van der Waals surface area (Å²) < 4.78 is 5.55. The number of carbonyl (C=O) groups is 1. The number of amides is 1. The SMILES string of the molecule is CN(C)C(=O)CN=C(NCC1CCCCC1)NCC(c1cccs1)N1CCOCC1.I. The lowest BCUT2D eigenvalue weighted by atomic mass is 9.89. The Balaban J connectivity index is 0.00000341. The lowest BCUT2D eigenvalue weighted by Gasteiger charge is -2.34. The Morgan fingerprint density at radius 3 is 2.65 bits per heavy atom. The van der Waals surface area contributed by atoms with E-state index in [2.05, 4.69) is 38.0 Å². The lowest BCUT2D eigenvalue weighted by Crippen LogP contribution is -2.47. The average Bonchev–Trinajstić information content (AvgIpc) is 3.31. The molecule has 1 saturated carbocycles. The minimum Gasteiger partial charge on any atom is -0.379 e. The standard InChI is InChI=1S/C22H37N5O2S.HI/c1-26(2)21(28)17-25-22(23-15-18-7-4-3-5-8-18)24-16-19(20-9-6-14-30-20)27-10-12-29-13-11-27;/h6,9,14,18-19H,3-5,7-8,10-13,15-17H2,1-2H3,(H2,23,24,25);1H. The van der Waals surface area contributed by atoms with Gasteiger partial charge in [0.1, 0.15) is 6.54 Å². The minimum atomic E-state index is 0. The maximum Gasteiger partial charge on any atom is 0.243 e. The second kappa shape index (κ2) is 14.3. The maximum atomic E-state index is 12.1. The van der Waals surface area contributed by atoms with Gasteiger partial charge in [0.15, 0.2) is 5.96 Å². The van der Waals surface area contributed by atoms with E-state index in [1.54, 1.807) is 30.3 Å². The van der Waals surface area contributed by atoms with Crippen molar-refractivity contribution in [1.82, 2.24) is 20.4 Å². The summed E-state index contributed by atoms with van der Waals surface area (Å²) in [6, 6.07) is 4.59. The molecule has 2 N–H and O–H groups in total. The van der Waals surface area contributed by atoms with Crippen molar-refractivity contribution in [2.75, 3.05) is 60.0 Å². The quantitative estimate of drug-likeness (QED) is 0.289. The molecule has 2 fully saturated rings. The van der Waals surface area contributed by atoms with E-state index in [1.165, 1.54) is 37.0 Å². The molecule has 0 spiro atoms. The molecule has 0 radical (unpaired) electrons. The summed E-state index contributed by atoms with van der Waals surface area (Å²) in [5.41, 5.74) is 0. The van der Waals surface area contributed by atoms with E-state index in [0.29, 0.717) is 5.92 Å². The Hall–Kier alpha value is -0.910. The number of likely N-dealkylation sites (N-methyl/N-ethyl adjacent to an activating group) is 1. The average molecular weight is 564 g/mol. The summed E-state index contributed by atoms with van der Waals surface area (Å²) >= 11 is 1.79. The van der Waals surface area contributed by atoms with E-state index < -0.39 is 0 Å². The van der Waals surface area contributed by atoms with Crippen LogP contribution in [0.5, 0.6) is 0 Å². The van der Waals surface area contributed by atoms with Gasteiger partial charge in [0.2, 0.25) is 5.91 Å². The first kappa shape index (κ1) is 26.3. The van der Waals surface area contributed by atoms with Crippen LogP contribution in [0.4, 0.5) is 0 Å². The molecule has 3 rings (SSSR count). The first-order chi connectivity index (χ1) is 14.6. The number of nitrogens with zero attached hydrogens (tertiary/aromatic N) is 3.